The number of hydrazone groups is 1. The highest BCUT2D eigenvalue weighted by Gasteiger charge is 2.30. The molecule has 0 bridgehead atoms. The van der Waals surface area contributed by atoms with E-state index in [0.29, 0.717) is 5.56 Å². The summed E-state index contributed by atoms with van der Waals surface area (Å²) in [5.74, 6) is 2.39. The van der Waals surface area contributed by atoms with E-state index in [1.807, 2.05) is 40.7 Å². The fraction of sp³-hybridized carbons (Fsp3) is 0.432. The van der Waals surface area contributed by atoms with Gasteiger partial charge in [0.1, 0.15) is 5.82 Å². The third-order valence-electron chi connectivity index (χ3n) is 6.43. The molecule has 2 rings (SSSR count). The Labute approximate surface area is 257 Å². The number of halogens is 1. The van der Waals surface area contributed by atoms with Gasteiger partial charge in [0.2, 0.25) is 0 Å². The number of hydrogen-bond acceptors (Lipinski definition) is 4. The molecule has 0 saturated heterocycles. The Morgan fingerprint density at radius 1 is 1.12 bits per heavy atom. The van der Waals surface area contributed by atoms with Crippen molar-refractivity contribution in [1.29, 1.82) is 0 Å². The van der Waals surface area contributed by atoms with E-state index in [1.54, 1.807) is 19.2 Å². The Bertz CT molecular complexity index is 1180. The van der Waals surface area contributed by atoms with Crippen molar-refractivity contribution in [3.8, 4) is 12.3 Å². The quantitative estimate of drug-likeness (QED) is 0.122. The molecule has 2 aromatic rings. The highest BCUT2D eigenvalue weighted by molar-refractivity contribution is 6.09. The average Bonchev–Trinajstić information content (AvgIpc) is 3.00. The molecule has 2 unspecified atom stereocenters. The normalized spacial score (nSPS) is 12.8. The first-order valence-corrected chi connectivity index (χ1v) is 15.0. The standard InChI is InChI=1S/C32H40FN3.2C2H6.CH5N/c1-10-22(4)13-16-26(11-2)24(6)31(28-17-14-25(15-18-28)21-36(8)9)32(35-34-7)30-23(5)19-29(33)20-27(30)12-3;3*1-2/h2,12-20,24,31,34H,3,10,21H2,1,4-9H3;2*1-2H3;2H2,1H3/b22-13+,26-16+,35-32+;;;. The number of aryl methyl sites for hydroxylation is 1. The highest BCUT2D eigenvalue weighted by atomic mass is 19.1. The van der Waals surface area contributed by atoms with Gasteiger partial charge in [0, 0.05) is 36.6 Å². The van der Waals surface area contributed by atoms with Crippen LogP contribution in [0, 0.1) is 31.0 Å². The number of hydrogen-bond donors (Lipinski definition) is 2. The summed E-state index contributed by atoms with van der Waals surface area (Å²) in [5.41, 5.74) is 15.1. The number of rotatable bonds is 11. The molecule has 0 spiro atoms. The van der Waals surface area contributed by atoms with Crippen LogP contribution in [0.3, 0.4) is 0 Å². The van der Waals surface area contributed by atoms with Gasteiger partial charge in [0.25, 0.3) is 0 Å². The first-order chi connectivity index (χ1) is 20.2. The van der Waals surface area contributed by atoms with Crippen LogP contribution in [-0.4, -0.2) is 38.8 Å². The van der Waals surface area contributed by atoms with Crippen molar-refractivity contribution in [2.24, 2.45) is 16.8 Å². The van der Waals surface area contributed by atoms with Crippen molar-refractivity contribution >= 4 is 11.8 Å². The molecule has 42 heavy (non-hydrogen) atoms. The van der Waals surface area contributed by atoms with Gasteiger partial charge >= 0.3 is 0 Å². The van der Waals surface area contributed by atoms with Crippen LogP contribution in [0.15, 0.2) is 71.4 Å². The second-order valence-electron chi connectivity index (χ2n) is 9.49. The van der Waals surface area contributed by atoms with Crippen LogP contribution in [0.5, 0.6) is 0 Å². The third kappa shape index (κ3) is 12.6. The van der Waals surface area contributed by atoms with E-state index in [2.05, 4.69) is 93.8 Å². The van der Waals surface area contributed by atoms with Crippen molar-refractivity contribution in [1.82, 2.24) is 10.3 Å². The monoisotopic (exact) mass is 576 g/mol. The van der Waals surface area contributed by atoms with Gasteiger partial charge in [-0.15, -0.1) is 6.42 Å². The second kappa shape index (κ2) is 23.1. The molecule has 3 N–H and O–H groups in total. The number of nitrogens with zero attached hydrogens (tertiary/aromatic N) is 2. The van der Waals surface area contributed by atoms with Crippen LogP contribution < -0.4 is 11.2 Å². The zero-order valence-electron chi connectivity index (χ0n) is 28.4. The van der Waals surface area contributed by atoms with Gasteiger partial charge < -0.3 is 16.1 Å². The molecule has 0 aliphatic heterocycles. The Balaban J connectivity index is 0. The lowest BCUT2D eigenvalue weighted by atomic mass is 9.75. The van der Waals surface area contributed by atoms with Crippen LogP contribution in [0.1, 0.15) is 88.6 Å². The zero-order chi connectivity index (χ0) is 32.8. The zero-order valence-corrected chi connectivity index (χ0v) is 28.4. The third-order valence-corrected chi connectivity index (χ3v) is 6.43. The summed E-state index contributed by atoms with van der Waals surface area (Å²) in [6.07, 6.45) is 12.8. The summed E-state index contributed by atoms with van der Waals surface area (Å²) >= 11 is 0. The SMILES string of the molecule is C#C/C(=C\C=C(/C)CC)C(C)C(/C(=N/NC)c1c(C)cc(F)cc1C=C)c1ccc(CN(C)C)cc1.CC.CC.CN. The molecule has 0 amide bonds. The van der Waals surface area contributed by atoms with Gasteiger partial charge in [-0.05, 0) is 75.8 Å². The first-order valence-electron chi connectivity index (χ1n) is 15.0. The molecule has 2 atom stereocenters. The summed E-state index contributed by atoms with van der Waals surface area (Å²) in [7, 11) is 7.39. The number of allylic oxidation sites excluding steroid dienone is 4. The van der Waals surface area contributed by atoms with Gasteiger partial charge in [-0.25, -0.2) is 4.39 Å². The molecule has 4 nitrogen and oxygen atoms in total. The van der Waals surface area contributed by atoms with Crippen molar-refractivity contribution in [2.75, 3.05) is 28.2 Å². The summed E-state index contributed by atoms with van der Waals surface area (Å²) < 4.78 is 14.3. The molecular weight excluding hydrogens is 519 g/mol. The average molecular weight is 577 g/mol. The molecule has 0 saturated carbocycles. The summed E-state index contributed by atoms with van der Waals surface area (Å²) in [6.45, 7) is 21.1. The molecule has 0 fully saturated rings. The molecule has 0 radical (unpaired) electrons. The van der Waals surface area contributed by atoms with Crippen molar-refractivity contribution in [3.05, 3.63) is 99.9 Å². The Hall–Kier alpha value is -3.46. The van der Waals surface area contributed by atoms with E-state index in [9.17, 15) is 4.39 Å². The lowest BCUT2D eigenvalue weighted by Gasteiger charge is -2.28. The first kappa shape index (κ1) is 40.7. The predicted molar refractivity (Wildman–Crippen MR) is 186 cm³/mol. The number of nitrogens with two attached hydrogens (primary N) is 1. The fourth-order valence-electron chi connectivity index (χ4n) is 4.42. The molecule has 0 aromatic heterocycles. The second-order valence-corrected chi connectivity index (χ2v) is 9.49. The van der Waals surface area contributed by atoms with Gasteiger partial charge in [0.05, 0.1) is 5.71 Å². The van der Waals surface area contributed by atoms with Crippen LogP contribution in [0.4, 0.5) is 4.39 Å². The van der Waals surface area contributed by atoms with Gasteiger partial charge in [-0.2, -0.15) is 5.10 Å². The largest absolute Gasteiger partial charge is 0.333 e. The number of benzene rings is 2. The Morgan fingerprint density at radius 2 is 1.69 bits per heavy atom. The van der Waals surface area contributed by atoms with Crippen LogP contribution in [0.2, 0.25) is 0 Å². The molecule has 5 heteroatoms. The maximum atomic E-state index is 14.3. The molecule has 232 valence electrons. The molecule has 0 heterocycles. The fourth-order valence-corrected chi connectivity index (χ4v) is 4.42. The maximum Gasteiger partial charge on any atom is 0.124 e. The van der Waals surface area contributed by atoms with E-state index in [1.165, 1.54) is 24.3 Å². The van der Waals surface area contributed by atoms with E-state index in [-0.39, 0.29) is 17.7 Å². The Morgan fingerprint density at radius 3 is 2.14 bits per heavy atom. The van der Waals surface area contributed by atoms with E-state index in [4.69, 9.17) is 11.5 Å². The van der Waals surface area contributed by atoms with Gasteiger partial charge in [-0.1, -0.05) is 102 Å². The molecular formula is C37H57FN4. The minimum absolute atomic E-state index is 0.0650. The number of nitrogens with one attached hydrogen (secondary N) is 1. The topological polar surface area (TPSA) is 53.7 Å². The van der Waals surface area contributed by atoms with Crippen molar-refractivity contribution in [3.63, 3.8) is 0 Å². The molecule has 2 aromatic carbocycles. The van der Waals surface area contributed by atoms with Crippen LogP contribution in [0.25, 0.3) is 6.08 Å². The lowest BCUT2D eigenvalue weighted by Crippen LogP contribution is -2.26. The van der Waals surface area contributed by atoms with Crippen LogP contribution >= 0.6 is 0 Å². The lowest BCUT2D eigenvalue weighted by molar-refractivity contribution is 0.402. The van der Waals surface area contributed by atoms with Crippen molar-refractivity contribution in [2.45, 2.75) is 74.3 Å². The van der Waals surface area contributed by atoms with E-state index in [0.717, 1.165) is 40.9 Å². The smallest absolute Gasteiger partial charge is 0.124 e. The molecule has 0 aliphatic carbocycles. The van der Waals surface area contributed by atoms with Gasteiger partial charge in [-0.3, -0.25) is 0 Å². The summed E-state index contributed by atoms with van der Waals surface area (Å²) in [4.78, 5) is 2.14. The van der Waals surface area contributed by atoms with Crippen LogP contribution in [-0.2, 0) is 6.54 Å². The predicted octanol–water partition coefficient (Wildman–Crippen LogP) is 8.73. The summed E-state index contributed by atoms with van der Waals surface area (Å²) in [5, 5.41) is 4.77. The van der Waals surface area contributed by atoms with Gasteiger partial charge in [0.15, 0.2) is 0 Å². The molecule has 0 aliphatic rings. The summed E-state index contributed by atoms with van der Waals surface area (Å²) in [6, 6.07) is 11.7. The van der Waals surface area contributed by atoms with Crippen molar-refractivity contribution < 1.29 is 4.39 Å². The van der Waals surface area contributed by atoms with E-state index < -0.39 is 0 Å². The minimum atomic E-state index is -0.294. The highest BCUT2D eigenvalue weighted by Crippen LogP contribution is 2.36. The number of terminal acetylenes is 1. The Kier molecular flexibility index (Phi) is 22.4. The maximum absolute atomic E-state index is 14.3. The van der Waals surface area contributed by atoms with E-state index >= 15 is 0 Å². The minimum Gasteiger partial charge on any atom is -0.333 e.